The number of aromatic nitrogens is 2. The number of benzene rings is 1. The van der Waals surface area contributed by atoms with Gasteiger partial charge in [0.25, 0.3) is 0 Å². The molecule has 0 spiro atoms. The summed E-state index contributed by atoms with van der Waals surface area (Å²) in [6, 6.07) is 6.99. The van der Waals surface area contributed by atoms with Crippen LogP contribution in [0.5, 0.6) is 0 Å². The van der Waals surface area contributed by atoms with E-state index in [1.165, 1.54) is 10.9 Å². The number of rotatable bonds is 7. The molecule has 98 valence electrons. The minimum atomic E-state index is 0.577. The third-order valence-corrected chi connectivity index (χ3v) is 2.92. The monoisotopic (exact) mass is 246 g/mol. The van der Waals surface area contributed by atoms with E-state index in [0.29, 0.717) is 6.04 Å². The van der Waals surface area contributed by atoms with E-state index in [4.69, 9.17) is 0 Å². The molecule has 0 aliphatic heterocycles. The van der Waals surface area contributed by atoms with Crippen LogP contribution in [0.2, 0.25) is 0 Å². The van der Waals surface area contributed by atoms with Crippen molar-refractivity contribution in [1.29, 1.82) is 0 Å². The first kappa shape index (κ1) is 13.1. The van der Waals surface area contributed by atoms with Crippen molar-refractivity contribution in [2.75, 3.05) is 13.1 Å². The van der Waals surface area contributed by atoms with E-state index < -0.39 is 0 Å². The van der Waals surface area contributed by atoms with E-state index in [9.17, 15) is 0 Å². The lowest BCUT2D eigenvalue weighted by molar-refractivity contribution is 0.547. The molecule has 1 aromatic heterocycles. The molecule has 4 heteroatoms. The van der Waals surface area contributed by atoms with Crippen LogP contribution >= 0.6 is 0 Å². The Kier molecular flexibility index (Phi) is 4.73. The van der Waals surface area contributed by atoms with Crippen LogP contribution in [0.3, 0.4) is 0 Å². The van der Waals surface area contributed by atoms with Gasteiger partial charge in [0, 0.05) is 18.0 Å². The molecule has 4 nitrogen and oxygen atoms in total. The first-order valence-electron chi connectivity index (χ1n) is 6.62. The Hall–Kier alpha value is -1.39. The molecule has 0 bridgehead atoms. The summed E-state index contributed by atoms with van der Waals surface area (Å²) in [7, 11) is 0. The molecule has 0 unspecified atom stereocenters. The van der Waals surface area contributed by atoms with Crippen LogP contribution in [0.25, 0.3) is 10.9 Å². The summed E-state index contributed by atoms with van der Waals surface area (Å²) in [5.74, 6) is 0. The molecule has 0 fully saturated rings. The summed E-state index contributed by atoms with van der Waals surface area (Å²) < 4.78 is 0. The molecule has 0 saturated heterocycles. The second-order valence-electron chi connectivity index (χ2n) is 4.93. The second-order valence-corrected chi connectivity index (χ2v) is 4.93. The molecule has 0 atom stereocenters. The molecule has 0 aliphatic carbocycles. The Morgan fingerprint density at radius 1 is 1.28 bits per heavy atom. The average molecular weight is 246 g/mol. The maximum Gasteiger partial charge on any atom is 0.0653 e. The molecule has 0 radical (unpaired) electrons. The standard InChI is InChI=1S/C14H22N4/c1-11(2)16-7-3-6-15-9-12-4-5-13-10-17-18-14(13)8-12/h4-5,8,10-11,15-16H,3,6-7,9H2,1-2H3,(H,17,18). The fraction of sp³-hybridized carbons (Fsp3) is 0.500. The summed E-state index contributed by atoms with van der Waals surface area (Å²) in [6.45, 7) is 7.38. The highest BCUT2D eigenvalue weighted by atomic mass is 15.1. The molecular weight excluding hydrogens is 224 g/mol. The summed E-state index contributed by atoms with van der Waals surface area (Å²) in [6.07, 6.45) is 3.01. The van der Waals surface area contributed by atoms with Gasteiger partial charge in [-0.15, -0.1) is 0 Å². The van der Waals surface area contributed by atoms with E-state index >= 15 is 0 Å². The number of aromatic amines is 1. The summed E-state index contributed by atoms with van der Waals surface area (Å²) in [5, 5.41) is 15.1. The zero-order chi connectivity index (χ0) is 12.8. The molecule has 1 aromatic carbocycles. The van der Waals surface area contributed by atoms with Crippen molar-refractivity contribution < 1.29 is 0 Å². The smallest absolute Gasteiger partial charge is 0.0653 e. The Bertz CT molecular complexity index is 475. The van der Waals surface area contributed by atoms with Crippen molar-refractivity contribution in [3.63, 3.8) is 0 Å². The minimum absolute atomic E-state index is 0.577. The van der Waals surface area contributed by atoms with E-state index in [0.717, 1.165) is 31.6 Å². The minimum Gasteiger partial charge on any atom is -0.314 e. The van der Waals surface area contributed by atoms with Gasteiger partial charge >= 0.3 is 0 Å². The van der Waals surface area contributed by atoms with Gasteiger partial charge < -0.3 is 10.6 Å². The number of H-pyrrole nitrogens is 1. The fourth-order valence-electron chi connectivity index (χ4n) is 1.93. The van der Waals surface area contributed by atoms with Crippen LogP contribution in [0.4, 0.5) is 0 Å². The summed E-state index contributed by atoms with van der Waals surface area (Å²) >= 11 is 0. The predicted molar refractivity (Wildman–Crippen MR) is 75.6 cm³/mol. The van der Waals surface area contributed by atoms with Crippen LogP contribution < -0.4 is 10.6 Å². The zero-order valence-electron chi connectivity index (χ0n) is 11.2. The van der Waals surface area contributed by atoms with Crippen LogP contribution in [0.1, 0.15) is 25.8 Å². The van der Waals surface area contributed by atoms with E-state index in [2.05, 4.69) is 52.9 Å². The second kappa shape index (κ2) is 6.52. The first-order valence-corrected chi connectivity index (χ1v) is 6.62. The van der Waals surface area contributed by atoms with Crippen LogP contribution in [0.15, 0.2) is 24.4 Å². The van der Waals surface area contributed by atoms with E-state index in [-0.39, 0.29) is 0 Å². The highest BCUT2D eigenvalue weighted by Gasteiger charge is 1.98. The zero-order valence-corrected chi connectivity index (χ0v) is 11.2. The summed E-state index contributed by atoms with van der Waals surface area (Å²) in [4.78, 5) is 0. The normalized spacial score (nSPS) is 11.5. The molecule has 2 aromatic rings. The van der Waals surface area contributed by atoms with Crippen LogP contribution in [-0.2, 0) is 6.54 Å². The van der Waals surface area contributed by atoms with Crippen molar-refractivity contribution in [2.24, 2.45) is 0 Å². The number of nitrogens with zero attached hydrogens (tertiary/aromatic N) is 1. The Morgan fingerprint density at radius 3 is 3.00 bits per heavy atom. The van der Waals surface area contributed by atoms with Crippen LogP contribution in [0, 0.1) is 0 Å². The van der Waals surface area contributed by atoms with Crippen molar-refractivity contribution in [3.05, 3.63) is 30.0 Å². The molecule has 1 heterocycles. The molecule has 18 heavy (non-hydrogen) atoms. The number of fused-ring (bicyclic) bond motifs is 1. The van der Waals surface area contributed by atoms with Crippen LogP contribution in [-0.4, -0.2) is 29.3 Å². The third-order valence-electron chi connectivity index (χ3n) is 2.92. The number of nitrogens with one attached hydrogen (secondary N) is 3. The Labute approximate surface area is 108 Å². The molecule has 3 N–H and O–H groups in total. The van der Waals surface area contributed by atoms with Gasteiger partial charge in [-0.05, 0) is 31.1 Å². The molecule has 0 aliphatic rings. The van der Waals surface area contributed by atoms with Gasteiger partial charge in [-0.1, -0.05) is 26.0 Å². The van der Waals surface area contributed by atoms with Gasteiger partial charge in [0.15, 0.2) is 0 Å². The van der Waals surface area contributed by atoms with Gasteiger partial charge in [0.2, 0.25) is 0 Å². The molecule has 2 rings (SSSR count). The molecule has 0 saturated carbocycles. The summed E-state index contributed by atoms with van der Waals surface area (Å²) in [5.41, 5.74) is 2.40. The van der Waals surface area contributed by atoms with Gasteiger partial charge in [-0.25, -0.2) is 0 Å². The highest BCUT2D eigenvalue weighted by Crippen LogP contribution is 2.12. The Morgan fingerprint density at radius 2 is 2.17 bits per heavy atom. The van der Waals surface area contributed by atoms with E-state index in [1.807, 2.05) is 6.20 Å². The third kappa shape index (κ3) is 3.82. The molecule has 0 amide bonds. The highest BCUT2D eigenvalue weighted by molar-refractivity contribution is 5.78. The first-order chi connectivity index (χ1) is 8.75. The average Bonchev–Trinajstić information content (AvgIpc) is 2.80. The topological polar surface area (TPSA) is 52.7 Å². The van der Waals surface area contributed by atoms with Crippen molar-refractivity contribution in [1.82, 2.24) is 20.8 Å². The molecular formula is C14H22N4. The predicted octanol–water partition coefficient (Wildman–Crippen LogP) is 2.04. The van der Waals surface area contributed by atoms with Gasteiger partial charge in [-0.3, -0.25) is 5.10 Å². The lowest BCUT2D eigenvalue weighted by Gasteiger charge is -2.08. The van der Waals surface area contributed by atoms with Crippen molar-refractivity contribution in [3.8, 4) is 0 Å². The van der Waals surface area contributed by atoms with Crippen molar-refractivity contribution >= 4 is 10.9 Å². The fourth-order valence-corrected chi connectivity index (χ4v) is 1.93. The SMILES string of the molecule is CC(C)NCCCNCc1ccc2cn[nH]c2c1. The number of hydrogen-bond acceptors (Lipinski definition) is 3. The van der Waals surface area contributed by atoms with Gasteiger partial charge in [0.05, 0.1) is 11.7 Å². The quantitative estimate of drug-likeness (QED) is 0.655. The largest absolute Gasteiger partial charge is 0.314 e. The maximum atomic E-state index is 4.03. The van der Waals surface area contributed by atoms with Gasteiger partial charge in [-0.2, -0.15) is 5.10 Å². The Balaban J connectivity index is 1.70. The number of hydrogen-bond donors (Lipinski definition) is 3. The van der Waals surface area contributed by atoms with Crippen molar-refractivity contribution in [2.45, 2.75) is 32.9 Å². The lowest BCUT2D eigenvalue weighted by Crippen LogP contribution is -2.26. The van der Waals surface area contributed by atoms with Gasteiger partial charge in [0.1, 0.15) is 0 Å². The van der Waals surface area contributed by atoms with E-state index in [1.54, 1.807) is 0 Å². The maximum absolute atomic E-state index is 4.03. The lowest BCUT2D eigenvalue weighted by atomic mass is 10.1.